The Hall–Kier alpha value is -1.74. The first-order valence-corrected chi connectivity index (χ1v) is 6.90. The Bertz CT molecular complexity index is 479. The summed E-state index contributed by atoms with van der Waals surface area (Å²) in [6.45, 7) is 5.22. The van der Waals surface area contributed by atoms with Crippen LogP contribution in [0.1, 0.15) is 36.7 Å². The van der Waals surface area contributed by atoms with E-state index in [0.29, 0.717) is 0 Å². The Balaban J connectivity index is 2.11. The van der Waals surface area contributed by atoms with Gasteiger partial charge in [0.2, 0.25) is 0 Å². The Morgan fingerprint density at radius 3 is 2.37 bits per heavy atom. The van der Waals surface area contributed by atoms with Crippen LogP contribution >= 0.6 is 0 Å². The molecule has 3 nitrogen and oxygen atoms in total. The number of hydrogen-bond donors (Lipinski definition) is 1. The number of likely N-dealkylation sites (N-methyl/N-ethyl adjacent to an activating group) is 1. The maximum Gasteiger partial charge on any atom is 0.0759 e. The van der Waals surface area contributed by atoms with Crippen molar-refractivity contribution in [1.29, 1.82) is 0 Å². The first-order valence-electron chi connectivity index (χ1n) is 6.90. The number of rotatable bonds is 6. The summed E-state index contributed by atoms with van der Waals surface area (Å²) in [6.07, 6.45) is 7.33. The number of hydrogen-bond acceptors (Lipinski definition) is 3. The molecule has 100 valence electrons. The number of aryl methyl sites for hydroxylation is 1. The molecule has 0 fully saturated rings. The molecule has 2 aromatic rings. The Morgan fingerprint density at radius 2 is 1.79 bits per heavy atom. The number of benzene rings is 1. The second-order valence-electron chi connectivity index (χ2n) is 4.61. The molecule has 1 atom stereocenters. The van der Waals surface area contributed by atoms with Crippen LogP contribution < -0.4 is 5.32 Å². The molecule has 0 aliphatic heterocycles. The highest BCUT2D eigenvalue weighted by molar-refractivity contribution is 5.24. The van der Waals surface area contributed by atoms with Gasteiger partial charge in [-0.25, -0.2) is 0 Å². The summed E-state index contributed by atoms with van der Waals surface area (Å²) in [5.41, 5.74) is 3.71. The molecule has 0 amide bonds. The van der Waals surface area contributed by atoms with Gasteiger partial charge < -0.3 is 5.32 Å². The third-order valence-corrected chi connectivity index (χ3v) is 3.26. The van der Waals surface area contributed by atoms with Gasteiger partial charge in [-0.3, -0.25) is 9.97 Å². The molecule has 0 saturated heterocycles. The average molecular weight is 255 g/mol. The number of nitrogens with one attached hydrogen (secondary N) is 1. The van der Waals surface area contributed by atoms with Crippen molar-refractivity contribution in [3.05, 3.63) is 59.7 Å². The molecule has 19 heavy (non-hydrogen) atoms. The van der Waals surface area contributed by atoms with E-state index in [1.165, 1.54) is 11.1 Å². The van der Waals surface area contributed by atoms with Gasteiger partial charge in [0.05, 0.1) is 11.7 Å². The SMILES string of the molecule is CCNC(Cc1ccc(CC)cc1)c1cnccn1. The predicted molar refractivity (Wildman–Crippen MR) is 78.0 cm³/mol. The molecular formula is C16H21N3. The quantitative estimate of drug-likeness (QED) is 0.862. The van der Waals surface area contributed by atoms with Crippen LogP contribution in [-0.2, 0) is 12.8 Å². The van der Waals surface area contributed by atoms with Crippen molar-refractivity contribution >= 4 is 0 Å². The fourth-order valence-corrected chi connectivity index (χ4v) is 2.17. The van der Waals surface area contributed by atoms with E-state index < -0.39 is 0 Å². The topological polar surface area (TPSA) is 37.8 Å². The van der Waals surface area contributed by atoms with Crippen LogP contribution in [0.25, 0.3) is 0 Å². The molecular weight excluding hydrogens is 234 g/mol. The van der Waals surface area contributed by atoms with Gasteiger partial charge in [0.25, 0.3) is 0 Å². The van der Waals surface area contributed by atoms with Gasteiger partial charge >= 0.3 is 0 Å². The maximum atomic E-state index is 4.40. The van der Waals surface area contributed by atoms with Gasteiger partial charge in [0.15, 0.2) is 0 Å². The van der Waals surface area contributed by atoms with Gasteiger partial charge in [-0.05, 0) is 30.5 Å². The van der Waals surface area contributed by atoms with Gasteiger partial charge in [0.1, 0.15) is 0 Å². The lowest BCUT2D eigenvalue weighted by atomic mass is 10.0. The standard InChI is InChI=1S/C16H21N3/c1-3-13-5-7-14(8-6-13)11-15(18-4-2)16-12-17-9-10-19-16/h5-10,12,15,18H,3-4,11H2,1-2H3. The molecule has 2 rings (SSSR count). The van der Waals surface area contributed by atoms with Crippen LogP contribution in [-0.4, -0.2) is 16.5 Å². The molecule has 3 heteroatoms. The summed E-state index contributed by atoms with van der Waals surface area (Å²) in [7, 11) is 0. The molecule has 1 aromatic carbocycles. The van der Waals surface area contributed by atoms with Crippen LogP contribution in [0.2, 0.25) is 0 Å². The summed E-state index contributed by atoms with van der Waals surface area (Å²) in [4.78, 5) is 8.56. The van der Waals surface area contributed by atoms with Crippen LogP contribution in [0.15, 0.2) is 42.9 Å². The lowest BCUT2D eigenvalue weighted by Crippen LogP contribution is -2.24. The highest BCUT2D eigenvalue weighted by Gasteiger charge is 2.12. The van der Waals surface area contributed by atoms with Crippen LogP contribution in [0, 0.1) is 0 Å². The van der Waals surface area contributed by atoms with Crippen molar-refractivity contribution in [1.82, 2.24) is 15.3 Å². The normalized spacial score (nSPS) is 12.3. The molecule has 0 spiro atoms. The van der Waals surface area contributed by atoms with E-state index in [9.17, 15) is 0 Å². The monoisotopic (exact) mass is 255 g/mol. The summed E-state index contributed by atoms with van der Waals surface area (Å²) >= 11 is 0. The maximum absolute atomic E-state index is 4.40. The molecule has 1 N–H and O–H groups in total. The van der Waals surface area contributed by atoms with Crippen molar-refractivity contribution in [2.24, 2.45) is 0 Å². The van der Waals surface area contributed by atoms with Gasteiger partial charge in [-0.2, -0.15) is 0 Å². The van der Waals surface area contributed by atoms with Crippen LogP contribution in [0.5, 0.6) is 0 Å². The molecule has 0 radical (unpaired) electrons. The third kappa shape index (κ3) is 3.86. The first-order chi connectivity index (χ1) is 9.33. The Morgan fingerprint density at radius 1 is 1.05 bits per heavy atom. The Kier molecular flexibility index (Phi) is 5.04. The minimum atomic E-state index is 0.228. The van der Waals surface area contributed by atoms with Crippen molar-refractivity contribution < 1.29 is 0 Å². The lowest BCUT2D eigenvalue weighted by Gasteiger charge is -2.17. The zero-order valence-corrected chi connectivity index (χ0v) is 11.6. The molecule has 1 aromatic heterocycles. The molecule has 0 aliphatic rings. The molecule has 0 bridgehead atoms. The zero-order chi connectivity index (χ0) is 13.5. The van der Waals surface area contributed by atoms with E-state index in [2.05, 4.69) is 53.4 Å². The Labute approximate surface area is 115 Å². The van der Waals surface area contributed by atoms with E-state index >= 15 is 0 Å². The fraction of sp³-hybridized carbons (Fsp3) is 0.375. The average Bonchev–Trinajstić information content (AvgIpc) is 2.48. The van der Waals surface area contributed by atoms with Crippen molar-refractivity contribution in [2.75, 3.05) is 6.54 Å². The van der Waals surface area contributed by atoms with Gasteiger partial charge in [-0.15, -0.1) is 0 Å². The number of aromatic nitrogens is 2. The summed E-state index contributed by atoms with van der Waals surface area (Å²) in [6, 6.07) is 9.05. The minimum absolute atomic E-state index is 0.228. The minimum Gasteiger partial charge on any atom is -0.309 e. The van der Waals surface area contributed by atoms with Crippen molar-refractivity contribution in [2.45, 2.75) is 32.7 Å². The van der Waals surface area contributed by atoms with E-state index in [0.717, 1.165) is 25.1 Å². The van der Waals surface area contributed by atoms with E-state index in [1.807, 2.05) is 6.20 Å². The molecule has 0 aliphatic carbocycles. The molecule has 0 saturated carbocycles. The highest BCUT2D eigenvalue weighted by Crippen LogP contribution is 2.16. The molecule has 1 unspecified atom stereocenters. The summed E-state index contributed by atoms with van der Waals surface area (Å²) in [5, 5.41) is 3.47. The van der Waals surface area contributed by atoms with E-state index in [1.54, 1.807) is 12.4 Å². The third-order valence-electron chi connectivity index (χ3n) is 3.26. The van der Waals surface area contributed by atoms with E-state index in [4.69, 9.17) is 0 Å². The van der Waals surface area contributed by atoms with Gasteiger partial charge in [0, 0.05) is 18.6 Å². The predicted octanol–water partition coefficient (Wildman–Crippen LogP) is 2.93. The van der Waals surface area contributed by atoms with Crippen LogP contribution in [0.4, 0.5) is 0 Å². The van der Waals surface area contributed by atoms with E-state index in [-0.39, 0.29) is 6.04 Å². The first kappa shape index (κ1) is 13.7. The van der Waals surface area contributed by atoms with Gasteiger partial charge in [-0.1, -0.05) is 38.1 Å². The smallest absolute Gasteiger partial charge is 0.0759 e. The summed E-state index contributed by atoms with van der Waals surface area (Å²) in [5.74, 6) is 0. The van der Waals surface area contributed by atoms with Crippen molar-refractivity contribution in [3.8, 4) is 0 Å². The second kappa shape index (κ2) is 7.00. The second-order valence-corrected chi connectivity index (χ2v) is 4.61. The fourth-order valence-electron chi connectivity index (χ4n) is 2.17. The molecule has 1 heterocycles. The van der Waals surface area contributed by atoms with Crippen LogP contribution in [0.3, 0.4) is 0 Å². The largest absolute Gasteiger partial charge is 0.309 e. The number of nitrogens with zero attached hydrogens (tertiary/aromatic N) is 2. The summed E-state index contributed by atoms with van der Waals surface area (Å²) < 4.78 is 0. The van der Waals surface area contributed by atoms with Crippen molar-refractivity contribution in [3.63, 3.8) is 0 Å². The zero-order valence-electron chi connectivity index (χ0n) is 11.6. The lowest BCUT2D eigenvalue weighted by molar-refractivity contribution is 0.534. The highest BCUT2D eigenvalue weighted by atomic mass is 14.9.